The minimum absolute atomic E-state index is 0.0449. The van der Waals surface area contributed by atoms with Gasteiger partial charge in [-0.15, -0.1) is 0 Å². The van der Waals surface area contributed by atoms with E-state index in [9.17, 15) is 19.0 Å². The SMILES string of the molecule is CCCCCCCC/C=C/CCCCCCCCCCCCCCCCCC(=O)OC(/C=C/CCCCCCCCCCCCC)C(COP(=O)(O)OCC[N+](C)(C)C)NC(=O)CCCCCCCCCCCCCCCCCCCCC. The van der Waals surface area contributed by atoms with Gasteiger partial charge in [0.1, 0.15) is 19.3 Å². The molecule has 0 aliphatic rings. The summed E-state index contributed by atoms with van der Waals surface area (Å²) in [6, 6.07) is -0.843. The summed E-state index contributed by atoms with van der Waals surface area (Å²) in [5.41, 5.74) is 0. The number of phosphoric ester groups is 1. The normalized spacial score (nSPS) is 13.6. The van der Waals surface area contributed by atoms with Crippen molar-refractivity contribution in [3.8, 4) is 0 Å². The average molecular weight is 1190 g/mol. The van der Waals surface area contributed by atoms with Crippen molar-refractivity contribution in [1.82, 2.24) is 5.32 Å². The minimum atomic E-state index is -4.45. The number of unbranched alkanes of at least 4 members (excludes halogenated alkanes) is 50. The molecule has 3 atom stereocenters. The van der Waals surface area contributed by atoms with Gasteiger partial charge in [-0.1, -0.05) is 334 Å². The van der Waals surface area contributed by atoms with Crippen molar-refractivity contribution < 1.29 is 37.3 Å². The Kier molecular flexibility index (Phi) is 62.4. The van der Waals surface area contributed by atoms with Crippen molar-refractivity contribution in [2.75, 3.05) is 40.9 Å². The van der Waals surface area contributed by atoms with Crippen molar-refractivity contribution in [1.29, 1.82) is 0 Å². The second-order valence-corrected chi connectivity index (χ2v) is 27.9. The highest BCUT2D eigenvalue weighted by atomic mass is 31.2. The average Bonchev–Trinajstić information content (AvgIpc) is 3.46. The van der Waals surface area contributed by atoms with Gasteiger partial charge in [-0.25, -0.2) is 4.57 Å². The van der Waals surface area contributed by atoms with Crippen molar-refractivity contribution >= 4 is 19.7 Å². The van der Waals surface area contributed by atoms with Crippen LogP contribution in [0.1, 0.15) is 380 Å². The number of quaternary nitrogens is 1. The Morgan fingerprint density at radius 2 is 0.699 bits per heavy atom. The molecular formula is C73H144N2O7P+. The van der Waals surface area contributed by atoms with E-state index in [0.717, 1.165) is 57.8 Å². The smallest absolute Gasteiger partial charge is 0.456 e. The predicted octanol–water partition coefficient (Wildman–Crippen LogP) is 23.2. The van der Waals surface area contributed by atoms with Crippen LogP contribution in [0.2, 0.25) is 0 Å². The standard InChI is InChI=1S/C73H143N2O7P/c1-7-10-13-16-19-22-25-28-30-32-34-35-36-37-38-39-41-43-45-48-51-54-57-60-63-66-73(77)82-71(64-61-58-55-52-49-46-27-24-21-18-15-12-9-3)70(69-81-83(78,79)80-68-67-75(4,5)6)74-72(76)65-62-59-56-53-50-47-44-42-40-33-31-29-26-23-20-17-14-11-8-2/h28,30,61,64,70-71H,7-27,29,31-60,62-63,65-69H2,1-6H3,(H-,74,76,78,79)/p+1/b30-28+,64-61+. The number of hydrogen-bond acceptors (Lipinski definition) is 6. The molecule has 0 rings (SSSR count). The summed E-state index contributed by atoms with van der Waals surface area (Å²) in [6.07, 6.45) is 77.6. The van der Waals surface area contributed by atoms with Crippen LogP contribution in [0.5, 0.6) is 0 Å². The fourth-order valence-electron chi connectivity index (χ4n) is 11.2. The number of hydrogen-bond donors (Lipinski definition) is 2. The maximum Gasteiger partial charge on any atom is 0.472 e. The van der Waals surface area contributed by atoms with Gasteiger partial charge in [-0.05, 0) is 57.4 Å². The van der Waals surface area contributed by atoms with Crippen molar-refractivity contribution in [3.05, 3.63) is 24.3 Å². The number of phosphoric acid groups is 1. The van der Waals surface area contributed by atoms with Gasteiger partial charge in [0.25, 0.3) is 0 Å². The van der Waals surface area contributed by atoms with E-state index in [1.54, 1.807) is 0 Å². The lowest BCUT2D eigenvalue weighted by molar-refractivity contribution is -0.870. The first-order chi connectivity index (χ1) is 40.4. The lowest BCUT2D eigenvalue weighted by Crippen LogP contribution is -2.47. The van der Waals surface area contributed by atoms with Gasteiger partial charge in [0.15, 0.2) is 0 Å². The number of carbonyl (C=O) groups excluding carboxylic acids is 2. The molecule has 0 fully saturated rings. The Morgan fingerprint density at radius 1 is 0.410 bits per heavy atom. The van der Waals surface area contributed by atoms with E-state index < -0.39 is 20.0 Å². The maximum atomic E-state index is 13.6. The molecule has 492 valence electrons. The Bertz CT molecular complexity index is 1470. The summed E-state index contributed by atoms with van der Waals surface area (Å²) in [6.45, 7) is 7.09. The van der Waals surface area contributed by atoms with E-state index in [4.69, 9.17) is 13.8 Å². The summed E-state index contributed by atoms with van der Waals surface area (Å²) in [4.78, 5) is 37.9. The molecule has 3 unspecified atom stereocenters. The third kappa shape index (κ3) is 64.8. The number of likely N-dealkylation sites (N-methyl/N-ethyl adjacent to an activating group) is 1. The van der Waals surface area contributed by atoms with Gasteiger partial charge in [0, 0.05) is 12.8 Å². The Morgan fingerprint density at radius 3 is 1.02 bits per heavy atom. The molecule has 0 bridgehead atoms. The third-order valence-electron chi connectivity index (χ3n) is 16.9. The van der Waals surface area contributed by atoms with E-state index in [1.807, 2.05) is 27.2 Å². The van der Waals surface area contributed by atoms with Gasteiger partial charge >= 0.3 is 13.8 Å². The molecule has 2 N–H and O–H groups in total. The van der Waals surface area contributed by atoms with E-state index >= 15 is 0 Å². The summed E-state index contributed by atoms with van der Waals surface area (Å²) < 4.78 is 30.9. The molecule has 0 aromatic heterocycles. The van der Waals surface area contributed by atoms with Crippen LogP contribution in [0.15, 0.2) is 24.3 Å². The van der Waals surface area contributed by atoms with Crippen LogP contribution in [-0.2, 0) is 27.9 Å². The second kappa shape index (κ2) is 63.5. The zero-order valence-corrected chi connectivity index (χ0v) is 57.4. The number of amides is 1. The number of ether oxygens (including phenoxy) is 1. The van der Waals surface area contributed by atoms with Gasteiger partial charge in [-0.3, -0.25) is 18.6 Å². The van der Waals surface area contributed by atoms with Crippen LogP contribution in [0, 0.1) is 0 Å². The molecule has 0 aliphatic carbocycles. The zero-order chi connectivity index (χ0) is 60.7. The molecule has 0 radical (unpaired) electrons. The molecule has 0 heterocycles. The van der Waals surface area contributed by atoms with Crippen molar-refractivity contribution in [3.63, 3.8) is 0 Å². The van der Waals surface area contributed by atoms with Crippen LogP contribution in [0.4, 0.5) is 0 Å². The zero-order valence-electron chi connectivity index (χ0n) is 56.5. The largest absolute Gasteiger partial charge is 0.472 e. The second-order valence-electron chi connectivity index (χ2n) is 26.5. The number of esters is 1. The van der Waals surface area contributed by atoms with E-state index in [0.29, 0.717) is 23.9 Å². The summed E-state index contributed by atoms with van der Waals surface area (Å²) >= 11 is 0. The topological polar surface area (TPSA) is 111 Å². The monoisotopic (exact) mass is 1190 g/mol. The molecule has 0 saturated heterocycles. The predicted molar refractivity (Wildman–Crippen MR) is 360 cm³/mol. The van der Waals surface area contributed by atoms with Gasteiger partial charge in [-0.2, -0.15) is 0 Å². The van der Waals surface area contributed by atoms with Crippen LogP contribution >= 0.6 is 7.82 Å². The van der Waals surface area contributed by atoms with E-state index in [-0.39, 0.29) is 25.1 Å². The summed E-state index contributed by atoms with van der Waals surface area (Å²) in [7, 11) is 1.52. The van der Waals surface area contributed by atoms with Crippen LogP contribution in [-0.4, -0.2) is 74.3 Å². The fraction of sp³-hybridized carbons (Fsp3) is 0.918. The highest BCUT2D eigenvalue weighted by molar-refractivity contribution is 7.47. The van der Waals surface area contributed by atoms with Crippen LogP contribution in [0.3, 0.4) is 0 Å². The maximum absolute atomic E-state index is 13.6. The molecule has 9 nitrogen and oxygen atoms in total. The Hall–Kier alpha value is -1.51. The van der Waals surface area contributed by atoms with Gasteiger partial charge in [0.05, 0.1) is 33.8 Å². The lowest BCUT2D eigenvalue weighted by atomic mass is 10.0. The van der Waals surface area contributed by atoms with Gasteiger partial charge in [0.2, 0.25) is 5.91 Å². The minimum Gasteiger partial charge on any atom is -0.456 e. The van der Waals surface area contributed by atoms with Crippen LogP contribution < -0.4 is 5.32 Å². The molecule has 1 amide bonds. The van der Waals surface area contributed by atoms with Crippen molar-refractivity contribution in [2.45, 2.75) is 392 Å². The number of nitrogens with one attached hydrogen (secondary N) is 1. The summed E-state index contributed by atoms with van der Waals surface area (Å²) in [5, 5.41) is 3.08. The molecule has 10 heteroatoms. The molecule has 0 aliphatic heterocycles. The van der Waals surface area contributed by atoms with E-state index in [2.05, 4.69) is 44.3 Å². The number of nitrogens with zero attached hydrogens (tertiary/aromatic N) is 1. The lowest BCUT2D eigenvalue weighted by Gasteiger charge is -2.27. The number of rotatable bonds is 68. The first-order valence-electron chi connectivity index (χ1n) is 36.7. The van der Waals surface area contributed by atoms with Crippen molar-refractivity contribution in [2.24, 2.45) is 0 Å². The van der Waals surface area contributed by atoms with Crippen LogP contribution in [0.25, 0.3) is 0 Å². The Balaban J connectivity index is 5.03. The van der Waals surface area contributed by atoms with Gasteiger partial charge < -0.3 is 19.4 Å². The molecule has 0 aromatic carbocycles. The number of allylic oxidation sites excluding steroid dienone is 3. The summed E-state index contributed by atoms with van der Waals surface area (Å²) in [5.74, 6) is -0.479. The third-order valence-corrected chi connectivity index (χ3v) is 17.9. The molecular weight excluding hydrogens is 1050 g/mol. The first kappa shape index (κ1) is 81.5. The highest BCUT2D eigenvalue weighted by Gasteiger charge is 2.30. The molecule has 0 spiro atoms. The Labute approximate surface area is 517 Å². The quantitative estimate of drug-likeness (QED) is 0.0205. The molecule has 83 heavy (non-hydrogen) atoms. The number of carbonyl (C=O) groups is 2. The fourth-order valence-corrected chi connectivity index (χ4v) is 12.0. The molecule has 0 aromatic rings. The molecule has 0 saturated carbocycles. The van der Waals surface area contributed by atoms with E-state index in [1.165, 1.54) is 289 Å². The highest BCUT2D eigenvalue weighted by Crippen LogP contribution is 2.43. The first-order valence-corrected chi connectivity index (χ1v) is 38.2.